The summed E-state index contributed by atoms with van der Waals surface area (Å²) in [6, 6.07) is 6.46. The van der Waals surface area contributed by atoms with Gasteiger partial charge in [0.05, 0.1) is 6.61 Å². The van der Waals surface area contributed by atoms with E-state index in [-0.39, 0.29) is 0 Å². The Labute approximate surface area is 105 Å². The van der Waals surface area contributed by atoms with Crippen molar-refractivity contribution in [3.05, 3.63) is 29.3 Å². The van der Waals surface area contributed by atoms with E-state index in [2.05, 4.69) is 39.0 Å². The number of benzene rings is 1. The molecule has 0 unspecified atom stereocenters. The highest BCUT2D eigenvalue weighted by Gasteiger charge is 2.04. The van der Waals surface area contributed by atoms with E-state index in [0.29, 0.717) is 5.92 Å². The molecule has 0 fully saturated rings. The first-order valence-corrected chi connectivity index (χ1v) is 6.46. The van der Waals surface area contributed by atoms with Crippen LogP contribution in [0.25, 0.3) is 0 Å². The molecule has 0 amide bonds. The molecular weight excluding hydrogens is 212 g/mol. The summed E-state index contributed by atoms with van der Waals surface area (Å²) in [5.74, 6) is 1.55. The third-order valence-corrected chi connectivity index (χ3v) is 2.77. The van der Waals surface area contributed by atoms with Gasteiger partial charge in [-0.2, -0.15) is 0 Å². The van der Waals surface area contributed by atoms with Crippen molar-refractivity contribution in [2.24, 2.45) is 0 Å². The van der Waals surface area contributed by atoms with Gasteiger partial charge in [-0.05, 0) is 37.0 Å². The molecule has 1 aromatic carbocycles. The van der Waals surface area contributed by atoms with E-state index in [1.54, 1.807) is 0 Å². The maximum absolute atomic E-state index is 5.79. The first-order valence-electron chi connectivity index (χ1n) is 6.46. The van der Waals surface area contributed by atoms with Gasteiger partial charge in [-0.1, -0.05) is 26.0 Å². The van der Waals surface area contributed by atoms with Crippen LogP contribution in [-0.4, -0.2) is 19.8 Å². The fourth-order valence-corrected chi connectivity index (χ4v) is 1.62. The summed E-state index contributed by atoms with van der Waals surface area (Å²) in [6.45, 7) is 10.8. The lowest BCUT2D eigenvalue weighted by molar-refractivity contribution is 0.130. The minimum Gasteiger partial charge on any atom is -0.493 e. The first-order chi connectivity index (χ1) is 8.15. The molecule has 1 aromatic rings. The Hall–Kier alpha value is -1.02. The molecule has 0 aliphatic rings. The predicted molar refractivity (Wildman–Crippen MR) is 71.9 cm³/mol. The third kappa shape index (κ3) is 4.78. The summed E-state index contributed by atoms with van der Waals surface area (Å²) < 4.78 is 11.1. The van der Waals surface area contributed by atoms with E-state index in [0.717, 1.165) is 32.0 Å². The molecule has 0 spiro atoms. The highest BCUT2D eigenvalue weighted by atomic mass is 16.5. The zero-order valence-corrected chi connectivity index (χ0v) is 11.5. The van der Waals surface area contributed by atoms with Gasteiger partial charge in [-0.15, -0.1) is 0 Å². The predicted octanol–water partition coefficient (Wildman–Crippen LogP) is 3.92. The standard InChI is InChI=1S/C15H24O2/c1-5-16-9-6-10-17-15-11-14(12(2)3)8-7-13(15)4/h7-8,11-12H,5-6,9-10H2,1-4H3. The number of aryl methyl sites for hydroxylation is 1. The second-order valence-electron chi connectivity index (χ2n) is 4.58. The molecule has 0 N–H and O–H groups in total. The molecule has 0 aliphatic carbocycles. The van der Waals surface area contributed by atoms with E-state index >= 15 is 0 Å². The Kier molecular flexibility index (Phi) is 6.06. The number of rotatable bonds is 7. The Bertz CT molecular complexity index is 332. The van der Waals surface area contributed by atoms with Crippen molar-refractivity contribution in [2.75, 3.05) is 19.8 Å². The van der Waals surface area contributed by atoms with E-state index in [9.17, 15) is 0 Å². The van der Waals surface area contributed by atoms with Crippen molar-refractivity contribution in [3.63, 3.8) is 0 Å². The van der Waals surface area contributed by atoms with Gasteiger partial charge in [-0.3, -0.25) is 0 Å². The van der Waals surface area contributed by atoms with Crippen molar-refractivity contribution >= 4 is 0 Å². The first kappa shape index (κ1) is 14.0. The van der Waals surface area contributed by atoms with Crippen LogP contribution in [0.2, 0.25) is 0 Å². The third-order valence-electron chi connectivity index (χ3n) is 2.77. The van der Waals surface area contributed by atoms with Crippen LogP contribution in [0.1, 0.15) is 44.2 Å². The molecule has 1 rings (SSSR count). The monoisotopic (exact) mass is 236 g/mol. The minimum absolute atomic E-state index is 0.543. The van der Waals surface area contributed by atoms with E-state index < -0.39 is 0 Å². The van der Waals surface area contributed by atoms with Crippen LogP contribution in [-0.2, 0) is 4.74 Å². The van der Waals surface area contributed by atoms with Gasteiger partial charge >= 0.3 is 0 Å². The summed E-state index contributed by atoms with van der Waals surface area (Å²) >= 11 is 0. The van der Waals surface area contributed by atoms with Gasteiger partial charge in [0.2, 0.25) is 0 Å². The SMILES string of the molecule is CCOCCCOc1cc(C(C)C)ccc1C. The van der Waals surface area contributed by atoms with Crippen molar-refractivity contribution in [1.29, 1.82) is 0 Å². The molecule has 17 heavy (non-hydrogen) atoms. The van der Waals surface area contributed by atoms with Gasteiger partial charge in [0.1, 0.15) is 5.75 Å². The molecule has 0 heterocycles. The summed E-state index contributed by atoms with van der Waals surface area (Å²) in [4.78, 5) is 0. The van der Waals surface area contributed by atoms with E-state index in [4.69, 9.17) is 9.47 Å². The van der Waals surface area contributed by atoms with Crippen LogP contribution in [0.5, 0.6) is 5.75 Å². The lowest BCUT2D eigenvalue weighted by Gasteiger charge is -2.12. The highest BCUT2D eigenvalue weighted by Crippen LogP contribution is 2.24. The Morgan fingerprint density at radius 2 is 1.94 bits per heavy atom. The summed E-state index contributed by atoms with van der Waals surface area (Å²) in [6.07, 6.45) is 0.944. The van der Waals surface area contributed by atoms with Crippen LogP contribution in [0.4, 0.5) is 0 Å². The lowest BCUT2D eigenvalue weighted by atomic mass is 10.0. The Morgan fingerprint density at radius 3 is 2.59 bits per heavy atom. The van der Waals surface area contributed by atoms with Gasteiger partial charge < -0.3 is 9.47 Å². The van der Waals surface area contributed by atoms with Crippen LogP contribution in [0.3, 0.4) is 0 Å². The van der Waals surface area contributed by atoms with Crippen molar-refractivity contribution in [1.82, 2.24) is 0 Å². The van der Waals surface area contributed by atoms with Gasteiger partial charge in [-0.25, -0.2) is 0 Å². The lowest BCUT2D eigenvalue weighted by Crippen LogP contribution is -2.04. The molecule has 96 valence electrons. The average molecular weight is 236 g/mol. The van der Waals surface area contributed by atoms with Gasteiger partial charge in [0.15, 0.2) is 0 Å². The zero-order chi connectivity index (χ0) is 12.7. The average Bonchev–Trinajstić information content (AvgIpc) is 2.30. The van der Waals surface area contributed by atoms with Crippen molar-refractivity contribution in [2.45, 2.75) is 40.0 Å². The molecule has 2 heteroatoms. The van der Waals surface area contributed by atoms with Crippen molar-refractivity contribution < 1.29 is 9.47 Å². The normalized spacial score (nSPS) is 10.9. The number of ether oxygens (including phenoxy) is 2. The molecule has 0 saturated heterocycles. The fraction of sp³-hybridized carbons (Fsp3) is 0.600. The van der Waals surface area contributed by atoms with E-state index in [1.165, 1.54) is 11.1 Å². The van der Waals surface area contributed by atoms with Gasteiger partial charge in [0.25, 0.3) is 0 Å². The Morgan fingerprint density at radius 1 is 1.18 bits per heavy atom. The molecule has 0 atom stereocenters. The molecule has 0 saturated carbocycles. The van der Waals surface area contributed by atoms with Crippen LogP contribution < -0.4 is 4.74 Å². The molecule has 0 bridgehead atoms. The molecule has 2 nitrogen and oxygen atoms in total. The molecule has 0 radical (unpaired) electrons. The Balaban J connectivity index is 2.49. The smallest absolute Gasteiger partial charge is 0.122 e. The second kappa shape index (κ2) is 7.33. The summed E-state index contributed by atoms with van der Waals surface area (Å²) in [7, 11) is 0. The van der Waals surface area contributed by atoms with Crippen LogP contribution >= 0.6 is 0 Å². The highest BCUT2D eigenvalue weighted by molar-refractivity contribution is 5.37. The second-order valence-corrected chi connectivity index (χ2v) is 4.58. The maximum Gasteiger partial charge on any atom is 0.122 e. The fourth-order valence-electron chi connectivity index (χ4n) is 1.62. The summed E-state index contributed by atoms with van der Waals surface area (Å²) in [5.41, 5.74) is 2.53. The van der Waals surface area contributed by atoms with Gasteiger partial charge in [0, 0.05) is 19.6 Å². The van der Waals surface area contributed by atoms with E-state index in [1.807, 2.05) is 6.92 Å². The van der Waals surface area contributed by atoms with Crippen LogP contribution in [0.15, 0.2) is 18.2 Å². The largest absolute Gasteiger partial charge is 0.493 e. The topological polar surface area (TPSA) is 18.5 Å². The number of hydrogen-bond donors (Lipinski definition) is 0. The zero-order valence-electron chi connectivity index (χ0n) is 11.5. The molecule has 0 aliphatic heterocycles. The minimum atomic E-state index is 0.543. The van der Waals surface area contributed by atoms with Crippen LogP contribution in [0, 0.1) is 6.92 Å². The number of hydrogen-bond acceptors (Lipinski definition) is 2. The summed E-state index contributed by atoms with van der Waals surface area (Å²) in [5, 5.41) is 0. The maximum atomic E-state index is 5.79. The molecule has 0 aromatic heterocycles. The van der Waals surface area contributed by atoms with Crippen molar-refractivity contribution in [3.8, 4) is 5.75 Å². The quantitative estimate of drug-likeness (QED) is 0.668. The molecular formula is C15H24O2.